The number of hydrogen-bond donors (Lipinski definition) is 2. The van der Waals surface area contributed by atoms with Crippen molar-refractivity contribution in [2.24, 2.45) is 0 Å². The number of benzene rings is 2. The second-order valence-electron chi connectivity index (χ2n) is 6.62. The van der Waals surface area contributed by atoms with Gasteiger partial charge in [-0.15, -0.1) is 0 Å². The summed E-state index contributed by atoms with van der Waals surface area (Å²) in [6, 6.07) is 13.4. The van der Waals surface area contributed by atoms with E-state index in [1.54, 1.807) is 12.1 Å². The number of rotatable bonds is 6. The van der Waals surface area contributed by atoms with Crippen LogP contribution in [0.4, 0.5) is 0 Å². The van der Waals surface area contributed by atoms with E-state index in [9.17, 15) is 9.90 Å². The highest BCUT2D eigenvalue weighted by Gasteiger charge is 2.21. The van der Waals surface area contributed by atoms with E-state index >= 15 is 0 Å². The number of ether oxygens (including phenoxy) is 1. The van der Waals surface area contributed by atoms with Crippen LogP contribution < -0.4 is 5.32 Å². The van der Waals surface area contributed by atoms with Gasteiger partial charge in [-0.3, -0.25) is 0 Å². The topological polar surface area (TPSA) is 58.6 Å². The summed E-state index contributed by atoms with van der Waals surface area (Å²) < 4.78 is 5.08. The van der Waals surface area contributed by atoms with Gasteiger partial charge in [0, 0.05) is 17.6 Å². The first kappa shape index (κ1) is 18.9. The van der Waals surface area contributed by atoms with Crippen molar-refractivity contribution in [2.45, 2.75) is 38.3 Å². The van der Waals surface area contributed by atoms with Crippen molar-refractivity contribution in [1.82, 2.24) is 5.32 Å². The molecule has 0 amide bonds. The minimum Gasteiger partial charge on any atom is -0.462 e. The van der Waals surface area contributed by atoms with E-state index in [-0.39, 0.29) is 12.0 Å². The number of aliphatic hydroxyl groups is 1. The van der Waals surface area contributed by atoms with Gasteiger partial charge in [-0.2, -0.15) is 0 Å². The fraction of sp³-hybridized carbons (Fsp3) is 0.381. The summed E-state index contributed by atoms with van der Waals surface area (Å²) in [5.74, 6) is -0.276. The molecule has 0 saturated carbocycles. The molecule has 2 unspecified atom stereocenters. The van der Waals surface area contributed by atoms with Gasteiger partial charge in [-0.1, -0.05) is 29.8 Å². The van der Waals surface area contributed by atoms with Crippen molar-refractivity contribution in [2.75, 3.05) is 13.2 Å². The van der Waals surface area contributed by atoms with Crippen LogP contribution >= 0.6 is 11.6 Å². The summed E-state index contributed by atoms with van der Waals surface area (Å²) in [4.78, 5) is 11.9. The van der Waals surface area contributed by atoms with Gasteiger partial charge in [0.15, 0.2) is 0 Å². The van der Waals surface area contributed by atoms with Gasteiger partial charge in [0.05, 0.1) is 18.3 Å². The molecule has 0 bridgehead atoms. The van der Waals surface area contributed by atoms with Crippen molar-refractivity contribution in [3.05, 3.63) is 69.7 Å². The summed E-state index contributed by atoms with van der Waals surface area (Å²) in [5, 5.41) is 14.4. The summed E-state index contributed by atoms with van der Waals surface area (Å²) in [7, 11) is 0. The summed E-state index contributed by atoms with van der Waals surface area (Å²) in [6.45, 7) is 2.65. The van der Waals surface area contributed by atoms with E-state index in [1.165, 1.54) is 11.1 Å². The maximum absolute atomic E-state index is 11.9. The standard InChI is InChI=1S/C21H24ClNO3/c1-2-26-21(25)16-7-6-14-8-9-19(12-17(14)10-16)23-13-20(24)15-4-3-5-18(22)11-15/h3-7,10-11,19-20,23-24H,2,8-9,12-13H2,1H3. The third-order valence-electron chi connectivity index (χ3n) is 4.78. The number of esters is 1. The molecular weight excluding hydrogens is 350 g/mol. The quantitative estimate of drug-likeness (QED) is 0.758. The SMILES string of the molecule is CCOC(=O)c1ccc2c(c1)CC(NCC(O)c1cccc(Cl)c1)CC2. The van der Waals surface area contributed by atoms with E-state index < -0.39 is 6.10 Å². The smallest absolute Gasteiger partial charge is 0.338 e. The zero-order chi connectivity index (χ0) is 18.5. The first-order valence-electron chi connectivity index (χ1n) is 9.02. The fourth-order valence-electron chi connectivity index (χ4n) is 3.38. The number of carbonyl (C=O) groups excluding carboxylic acids is 1. The molecule has 2 aromatic rings. The summed E-state index contributed by atoms with van der Waals surface area (Å²) in [5.41, 5.74) is 3.87. The van der Waals surface area contributed by atoms with Gasteiger partial charge in [0.25, 0.3) is 0 Å². The zero-order valence-corrected chi connectivity index (χ0v) is 15.6. The molecule has 2 N–H and O–H groups in total. The van der Waals surface area contributed by atoms with Crippen LogP contribution in [-0.2, 0) is 17.6 Å². The lowest BCUT2D eigenvalue weighted by atomic mass is 9.87. The van der Waals surface area contributed by atoms with E-state index in [1.807, 2.05) is 37.3 Å². The van der Waals surface area contributed by atoms with E-state index in [4.69, 9.17) is 16.3 Å². The molecule has 1 aliphatic carbocycles. The molecule has 5 heteroatoms. The average Bonchev–Trinajstić information content (AvgIpc) is 2.65. The number of halogens is 1. The highest BCUT2D eigenvalue weighted by Crippen LogP contribution is 2.24. The molecule has 4 nitrogen and oxygen atoms in total. The van der Waals surface area contributed by atoms with Crippen LogP contribution in [-0.4, -0.2) is 30.3 Å². The van der Waals surface area contributed by atoms with Crippen molar-refractivity contribution in [3.63, 3.8) is 0 Å². The summed E-state index contributed by atoms with van der Waals surface area (Å²) in [6.07, 6.45) is 2.21. The van der Waals surface area contributed by atoms with Crippen LogP contribution in [0.2, 0.25) is 5.02 Å². The maximum Gasteiger partial charge on any atom is 0.338 e. The average molecular weight is 374 g/mol. The molecular formula is C21H24ClNO3. The molecule has 0 aromatic heterocycles. The van der Waals surface area contributed by atoms with Crippen molar-refractivity contribution in [3.8, 4) is 0 Å². The molecule has 0 aliphatic heterocycles. The normalized spacial score (nSPS) is 17.4. The Labute approximate surface area is 159 Å². The third kappa shape index (κ3) is 4.64. The Morgan fingerprint density at radius 1 is 1.31 bits per heavy atom. The Bertz CT molecular complexity index is 778. The molecule has 2 aromatic carbocycles. The van der Waals surface area contributed by atoms with Gasteiger partial charge in [0.1, 0.15) is 0 Å². The maximum atomic E-state index is 11.9. The van der Waals surface area contributed by atoms with Gasteiger partial charge >= 0.3 is 5.97 Å². The molecule has 0 spiro atoms. The fourth-order valence-corrected chi connectivity index (χ4v) is 3.58. The largest absolute Gasteiger partial charge is 0.462 e. The number of aryl methyl sites for hydroxylation is 1. The molecule has 138 valence electrons. The van der Waals surface area contributed by atoms with Crippen LogP contribution in [0.15, 0.2) is 42.5 Å². The molecule has 26 heavy (non-hydrogen) atoms. The van der Waals surface area contributed by atoms with Gasteiger partial charge in [0.2, 0.25) is 0 Å². The van der Waals surface area contributed by atoms with Crippen LogP contribution in [0.5, 0.6) is 0 Å². The Morgan fingerprint density at radius 3 is 2.92 bits per heavy atom. The monoisotopic (exact) mass is 373 g/mol. The first-order chi connectivity index (χ1) is 12.6. The molecule has 0 fully saturated rings. The molecule has 3 rings (SSSR count). The molecule has 0 radical (unpaired) electrons. The van der Waals surface area contributed by atoms with Crippen molar-refractivity contribution in [1.29, 1.82) is 0 Å². The van der Waals surface area contributed by atoms with E-state index in [0.717, 1.165) is 24.8 Å². The van der Waals surface area contributed by atoms with Crippen LogP contribution in [0.1, 0.15) is 46.5 Å². The number of aliphatic hydroxyl groups excluding tert-OH is 1. The molecule has 0 heterocycles. The Hall–Kier alpha value is -1.88. The number of fused-ring (bicyclic) bond motifs is 1. The number of hydrogen-bond acceptors (Lipinski definition) is 4. The predicted molar refractivity (Wildman–Crippen MR) is 103 cm³/mol. The predicted octanol–water partition coefficient (Wildman–Crippen LogP) is 3.70. The summed E-state index contributed by atoms with van der Waals surface area (Å²) >= 11 is 5.99. The van der Waals surface area contributed by atoms with Crippen molar-refractivity contribution >= 4 is 17.6 Å². The molecule has 2 atom stereocenters. The number of nitrogens with one attached hydrogen (secondary N) is 1. The van der Waals surface area contributed by atoms with Gasteiger partial charge < -0.3 is 15.2 Å². The highest BCUT2D eigenvalue weighted by atomic mass is 35.5. The van der Waals surface area contributed by atoms with Crippen LogP contribution in [0.25, 0.3) is 0 Å². The van der Waals surface area contributed by atoms with Crippen molar-refractivity contribution < 1.29 is 14.6 Å². The Balaban J connectivity index is 1.61. The lowest BCUT2D eigenvalue weighted by Gasteiger charge is -2.27. The van der Waals surface area contributed by atoms with Gasteiger partial charge in [-0.25, -0.2) is 4.79 Å². The van der Waals surface area contributed by atoms with E-state index in [0.29, 0.717) is 23.7 Å². The second kappa shape index (κ2) is 8.67. The first-order valence-corrected chi connectivity index (χ1v) is 9.40. The lowest BCUT2D eigenvalue weighted by molar-refractivity contribution is 0.0526. The van der Waals surface area contributed by atoms with Gasteiger partial charge in [-0.05, 0) is 67.1 Å². The minimum absolute atomic E-state index is 0.272. The zero-order valence-electron chi connectivity index (χ0n) is 14.9. The van der Waals surface area contributed by atoms with Crippen LogP contribution in [0.3, 0.4) is 0 Å². The number of carbonyl (C=O) groups is 1. The minimum atomic E-state index is -0.596. The molecule has 0 saturated heterocycles. The Kier molecular flexibility index (Phi) is 6.30. The Morgan fingerprint density at radius 2 is 2.15 bits per heavy atom. The lowest BCUT2D eigenvalue weighted by Crippen LogP contribution is -2.37. The van der Waals surface area contributed by atoms with E-state index in [2.05, 4.69) is 5.32 Å². The third-order valence-corrected chi connectivity index (χ3v) is 5.01. The second-order valence-corrected chi connectivity index (χ2v) is 7.06. The highest BCUT2D eigenvalue weighted by molar-refractivity contribution is 6.30. The molecule has 1 aliphatic rings. The van der Waals surface area contributed by atoms with Crippen LogP contribution in [0, 0.1) is 0 Å².